The van der Waals surface area contributed by atoms with E-state index in [4.69, 9.17) is 40.2 Å². The van der Waals surface area contributed by atoms with E-state index in [1.54, 1.807) is 6.07 Å². The average Bonchev–Trinajstić information content (AvgIpc) is 3.14. The quantitative estimate of drug-likeness (QED) is 0.926. The van der Waals surface area contributed by atoms with Crippen LogP contribution in [0.25, 0.3) is 11.3 Å². The number of halogens is 1. The van der Waals surface area contributed by atoms with Gasteiger partial charge in [0.2, 0.25) is 18.3 Å². The smallest absolute Gasteiger partial charge is 0.231 e. The van der Waals surface area contributed by atoms with Gasteiger partial charge in [0.1, 0.15) is 17.3 Å². The second kappa shape index (κ2) is 5.34. The summed E-state index contributed by atoms with van der Waals surface area (Å²) >= 11 is 6.38. The van der Waals surface area contributed by atoms with E-state index in [0.717, 1.165) is 0 Å². The zero-order valence-corrected chi connectivity index (χ0v) is 12.1. The van der Waals surface area contributed by atoms with Gasteiger partial charge in [-0.2, -0.15) is 0 Å². The van der Waals surface area contributed by atoms with E-state index in [1.807, 2.05) is 0 Å². The van der Waals surface area contributed by atoms with E-state index < -0.39 is 0 Å². The van der Waals surface area contributed by atoms with Crippen LogP contribution in [0, 0.1) is 0 Å². The van der Waals surface area contributed by atoms with Gasteiger partial charge in [0.25, 0.3) is 0 Å². The van der Waals surface area contributed by atoms with Gasteiger partial charge >= 0.3 is 0 Å². The standard InChI is InChI=1S/C13H12ClNO6/c1-17-10-8(7-3-6(4-16)21-15-7)9(14)11(18-2)13-12(10)19-5-20-13/h3,16H,4-5H2,1-2H3. The fraction of sp³-hybridized carbons (Fsp3) is 0.308. The number of nitrogens with zero attached hydrogens (tertiary/aromatic N) is 1. The Bertz CT molecular complexity index is 684. The van der Waals surface area contributed by atoms with E-state index in [1.165, 1.54) is 14.2 Å². The van der Waals surface area contributed by atoms with Crippen LogP contribution in [0.15, 0.2) is 10.6 Å². The molecular weight excluding hydrogens is 302 g/mol. The molecule has 1 aromatic heterocycles. The van der Waals surface area contributed by atoms with Crippen molar-refractivity contribution < 1.29 is 28.6 Å². The molecule has 0 saturated carbocycles. The molecule has 0 fully saturated rings. The predicted molar refractivity (Wildman–Crippen MR) is 72.1 cm³/mol. The number of rotatable bonds is 4. The van der Waals surface area contributed by atoms with E-state index in [-0.39, 0.29) is 18.4 Å². The molecule has 0 radical (unpaired) electrons. The van der Waals surface area contributed by atoms with Crippen LogP contribution in [-0.2, 0) is 6.61 Å². The van der Waals surface area contributed by atoms with Crippen LogP contribution < -0.4 is 18.9 Å². The normalized spacial score (nSPS) is 12.6. The van der Waals surface area contributed by atoms with Gasteiger partial charge < -0.3 is 28.6 Å². The van der Waals surface area contributed by atoms with Gasteiger partial charge in [-0.25, -0.2) is 0 Å². The van der Waals surface area contributed by atoms with Crippen LogP contribution in [-0.4, -0.2) is 31.3 Å². The maximum absolute atomic E-state index is 9.08. The monoisotopic (exact) mass is 313 g/mol. The second-order valence-corrected chi connectivity index (χ2v) is 4.53. The minimum absolute atomic E-state index is 0.0442. The molecule has 21 heavy (non-hydrogen) atoms. The number of methoxy groups -OCH3 is 2. The van der Waals surface area contributed by atoms with Gasteiger partial charge in [-0.3, -0.25) is 0 Å². The van der Waals surface area contributed by atoms with Gasteiger partial charge in [-0.05, 0) is 0 Å². The van der Waals surface area contributed by atoms with E-state index in [0.29, 0.717) is 40.0 Å². The summed E-state index contributed by atoms with van der Waals surface area (Å²) in [7, 11) is 2.96. The zero-order chi connectivity index (χ0) is 15.0. The molecule has 2 heterocycles. The third-order valence-electron chi connectivity index (χ3n) is 3.05. The SMILES string of the molecule is COc1c(Cl)c(-c2cc(CO)on2)c(OC)c2c1OCO2. The fourth-order valence-corrected chi connectivity index (χ4v) is 2.50. The van der Waals surface area contributed by atoms with Crippen molar-refractivity contribution in [1.29, 1.82) is 0 Å². The first kappa shape index (κ1) is 13.8. The number of hydrogen-bond donors (Lipinski definition) is 1. The molecule has 0 amide bonds. The van der Waals surface area contributed by atoms with Crippen molar-refractivity contribution in [3.8, 4) is 34.3 Å². The Morgan fingerprint density at radius 3 is 2.48 bits per heavy atom. The van der Waals surface area contributed by atoms with Crippen molar-refractivity contribution in [2.45, 2.75) is 6.61 Å². The molecule has 1 aliphatic rings. The Morgan fingerprint density at radius 1 is 1.24 bits per heavy atom. The summed E-state index contributed by atoms with van der Waals surface area (Å²) in [5.74, 6) is 1.77. The number of aliphatic hydroxyl groups is 1. The summed E-state index contributed by atoms with van der Waals surface area (Å²) in [6, 6.07) is 1.56. The Balaban J connectivity index is 2.28. The fourth-order valence-electron chi connectivity index (χ4n) is 2.15. The summed E-state index contributed by atoms with van der Waals surface area (Å²) in [4.78, 5) is 0. The summed E-state index contributed by atoms with van der Waals surface area (Å²) < 4.78 is 26.4. The lowest BCUT2D eigenvalue weighted by atomic mass is 10.1. The van der Waals surface area contributed by atoms with Crippen molar-refractivity contribution in [2.75, 3.05) is 21.0 Å². The maximum atomic E-state index is 9.08. The lowest BCUT2D eigenvalue weighted by Crippen LogP contribution is -1.95. The Labute approximate surface area is 124 Å². The van der Waals surface area contributed by atoms with Crippen molar-refractivity contribution in [1.82, 2.24) is 5.16 Å². The molecule has 0 unspecified atom stereocenters. The minimum Gasteiger partial charge on any atom is -0.492 e. The highest BCUT2D eigenvalue weighted by atomic mass is 35.5. The van der Waals surface area contributed by atoms with Crippen molar-refractivity contribution in [3.05, 3.63) is 16.8 Å². The first-order valence-corrected chi connectivity index (χ1v) is 6.38. The molecule has 0 bridgehead atoms. The van der Waals surface area contributed by atoms with Crippen LogP contribution in [0.2, 0.25) is 5.02 Å². The van der Waals surface area contributed by atoms with Crippen LogP contribution >= 0.6 is 11.6 Å². The summed E-state index contributed by atoms with van der Waals surface area (Å²) in [6.07, 6.45) is 0. The topological polar surface area (TPSA) is 83.2 Å². The van der Waals surface area contributed by atoms with Crippen molar-refractivity contribution in [3.63, 3.8) is 0 Å². The Morgan fingerprint density at radius 2 is 1.90 bits per heavy atom. The molecule has 7 nitrogen and oxygen atoms in total. The van der Waals surface area contributed by atoms with E-state index in [9.17, 15) is 0 Å². The molecule has 3 rings (SSSR count). The average molecular weight is 314 g/mol. The molecule has 1 aliphatic heterocycles. The van der Waals surface area contributed by atoms with Gasteiger partial charge in [0.05, 0.1) is 19.8 Å². The van der Waals surface area contributed by atoms with Gasteiger partial charge in [-0.1, -0.05) is 16.8 Å². The highest BCUT2D eigenvalue weighted by Gasteiger charge is 2.32. The Hall–Kier alpha value is -2.12. The third kappa shape index (κ3) is 2.05. The number of aliphatic hydroxyl groups excluding tert-OH is 1. The highest BCUT2D eigenvalue weighted by Crippen LogP contribution is 2.56. The van der Waals surface area contributed by atoms with Gasteiger partial charge in [0.15, 0.2) is 17.3 Å². The van der Waals surface area contributed by atoms with Crippen molar-refractivity contribution in [2.24, 2.45) is 0 Å². The lowest BCUT2D eigenvalue weighted by Gasteiger charge is -2.14. The lowest BCUT2D eigenvalue weighted by molar-refractivity contribution is 0.168. The molecule has 8 heteroatoms. The number of ether oxygens (including phenoxy) is 4. The zero-order valence-electron chi connectivity index (χ0n) is 11.3. The first-order valence-electron chi connectivity index (χ1n) is 6.01. The molecule has 0 saturated heterocycles. The molecule has 112 valence electrons. The molecule has 1 N–H and O–H groups in total. The molecule has 0 spiro atoms. The Kier molecular flexibility index (Phi) is 3.52. The van der Waals surface area contributed by atoms with Crippen LogP contribution in [0.3, 0.4) is 0 Å². The molecule has 1 aromatic carbocycles. The minimum atomic E-state index is -0.269. The maximum Gasteiger partial charge on any atom is 0.231 e. The summed E-state index contributed by atoms with van der Waals surface area (Å²) in [5, 5.41) is 13.2. The molecule has 0 aliphatic carbocycles. The summed E-state index contributed by atoms with van der Waals surface area (Å²) in [6.45, 7) is -0.225. The predicted octanol–water partition coefficient (Wildman–Crippen LogP) is 2.23. The van der Waals surface area contributed by atoms with Crippen LogP contribution in [0.5, 0.6) is 23.0 Å². The summed E-state index contributed by atoms with van der Waals surface area (Å²) in [5.41, 5.74) is 0.848. The molecular formula is C13H12ClNO6. The van der Waals surface area contributed by atoms with Gasteiger partial charge in [-0.15, -0.1) is 0 Å². The van der Waals surface area contributed by atoms with E-state index in [2.05, 4.69) is 5.16 Å². The van der Waals surface area contributed by atoms with E-state index >= 15 is 0 Å². The first-order chi connectivity index (χ1) is 10.2. The largest absolute Gasteiger partial charge is 0.492 e. The van der Waals surface area contributed by atoms with Crippen molar-refractivity contribution >= 4 is 11.6 Å². The number of aromatic nitrogens is 1. The number of fused-ring (bicyclic) bond motifs is 1. The molecule has 0 atom stereocenters. The number of benzene rings is 1. The van der Waals surface area contributed by atoms with Gasteiger partial charge in [0, 0.05) is 6.07 Å². The number of hydrogen-bond acceptors (Lipinski definition) is 7. The second-order valence-electron chi connectivity index (χ2n) is 4.16. The highest BCUT2D eigenvalue weighted by molar-refractivity contribution is 6.35. The van der Waals surface area contributed by atoms with Crippen LogP contribution in [0.1, 0.15) is 5.76 Å². The molecule has 2 aromatic rings. The third-order valence-corrected chi connectivity index (χ3v) is 3.41. The van der Waals surface area contributed by atoms with Crippen LogP contribution in [0.4, 0.5) is 0 Å².